The minimum atomic E-state index is -4.31. The third-order valence-corrected chi connectivity index (χ3v) is 6.79. The van der Waals surface area contributed by atoms with E-state index in [1.807, 2.05) is 0 Å². The zero-order valence-electron chi connectivity index (χ0n) is 14.1. The second kappa shape index (κ2) is 8.28. The zero-order chi connectivity index (χ0) is 19.4. The maximum Gasteiger partial charge on any atom is 0.249 e. The molecule has 2 heterocycles. The molecule has 1 aromatic carbocycles. The number of benzene rings is 1. The van der Waals surface area contributed by atoms with Gasteiger partial charge in [-0.05, 0) is 18.2 Å². The van der Waals surface area contributed by atoms with E-state index in [2.05, 4.69) is 9.97 Å². The lowest BCUT2D eigenvalue weighted by molar-refractivity contribution is -0.129. The Morgan fingerprint density at radius 3 is 2.22 bits per heavy atom. The topological polar surface area (TPSA) is 83.5 Å². The molecule has 1 aromatic heterocycles. The molecule has 0 spiro atoms. The smallest absolute Gasteiger partial charge is 0.249 e. The van der Waals surface area contributed by atoms with Gasteiger partial charge in [-0.1, -0.05) is 17.8 Å². The van der Waals surface area contributed by atoms with E-state index in [9.17, 15) is 22.0 Å². The molecule has 7 nitrogen and oxygen atoms in total. The molecule has 11 heteroatoms. The van der Waals surface area contributed by atoms with Gasteiger partial charge in [0.05, 0.1) is 5.75 Å². The molecule has 0 bridgehead atoms. The maximum absolute atomic E-state index is 13.8. The summed E-state index contributed by atoms with van der Waals surface area (Å²) in [7, 11) is -4.31. The lowest BCUT2D eigenvalue weighted by Gasteiger charge is -2.34. The van der Waals surface area contributed by atoms with Crippen LogP contribution in [0.15, 0.2) is 46.7 Å². The molecule has 0 aliphatic carbocycles. The molecule has 1 saturated heterocycles. The van der Waals surface area contributed by atoms with Crippen molar-refractivity contribution in [2.45, 2.75) is 10.1 Å². The predicted molar refractivity (Wildman–Crippen MR) is 94.5 cm³/mol. The van der Waals surface area contributed by atoms with E-state index >= 15 is 0 Å². The van der Waals surface area contributed by atoms with Gasteiger partial charge in [-0.2, -0.15) is 4.31 Å². The van der Waals surface area contributed by atoms with Gasteiger partial charge < -0.3 is 4.90 Å². The summed E-state index contributed by atoms with van der Waals surface area (Å²) in [4.78, 5) is 20.8. The fourth-order valence-corrected chi connectivity index (χ4v) is 4.85. The molecule has 0 unspecified atom stereocenters. The highest BCUT2D eigenvalue weighted by Crippen LogP contribution is 2.24. The first-order chi connectivity index (χ1) is 12.9. The minimum Gasteiger partial charge on any atom is -0.339 e. The first-order valence-corrected chi connectivity index (χ1v) is 10.4. The molecular weight excluding hydrogens is 398 g/mol. The number of thioether (sulfide) groups is 1. The van der Waals surface area contributed by atoms with Crippen LogP contribution >= 0.6 is 11.8 Å². The first-order valence-electron chi connectivity index (χ1n) is 8.01. The molecule has 1 fully saturated rings. The summed E-state index contributed by atoms with van der Waals surface area (Å²) >= 11 is 1.18. The van der Waals surface area contributed by atoms with Crippen LogP contribution < -0.4 is 0 Å². The summed E-state index contributed by atoms with van der Waals surface area (Å²) in [6.45, 7) is 0.220. The fraction of sp³-hybridized carbons (Fsp3) is 0.312. The van der Waals surface area contributed by atoms with Gasteiger partial charge in [0.1, 0.15) is 11.6 Å². The van der Waals surface area contributed by atoms with Gasteiger partial charge in [-0.3, -0.25) is 4.79 Å². The van der Waals surface area contributed by atoms with Crippen molar-refractivity contribution in [2.75, 3.05) is 31.9 Å². The Morgan fingerprint density at radius 1 is 1.04 bits per heavy atom. The number of piperazine rings is 1. The zero-order valence-corrected chi connectivity index (χ0v) is 15.7. The molecule has 1 aliphatic rings. The SMILES string of the molecule is O=C(CSc1ncccn1)N1CCN(S(=O)(=O)c2c(F)cccc2F)CC1. The van der Waals surface area contributed by atoms with Crippen molar-refractivity contribution in [3.05, 3.63) is 48.3 Å². The summed E-state index contributed by atoms with van der Waals surface area (Å²) in [5.74, 6) is -2.32. The number of amides is 1. The van der Waals surface area contributed by atoms with Crippen molar-refractivity contribution in [3.63, 3.8) is 0 Å². The number of rotatable bonds is 5. The molecule has 2 aromatic rings. The van der Waals surface area contributed by atoms with Crippen LogP contribution in [0.3, 0.4) is 0 Å². The molecule has 0 saturated carbocycles. The van der Waals surface area contributed by atoms with Crippen molar-refractivity contribution in [1.82, 2.24) is 19.2 Å². The Kier molecular flexibility index (Phi) is 6.02. The summed E-state index contributed by atoms with van der Waals surface area (Å²) < 4.78 is 53.8. The van der Waals surface area contributed by atoms with Crippen molar-refractivity contribution in [2.24, 2.45) is 0 Å². The second-order valence-electron chi connectivity index (χ2n) is 5.66. The third-order valence-electron chi connectivity index (χ3n) is 3.97. The number of hydrogen-bond acceptors (Lipinski definition) is 6. The van der Waals surface area contributed by atoms with Crippen LogP contribution in [0.5, 0.6) is 0 Å². The van der Waals surface area contributed by atoms with Crippen LogP contribution in [-0.2, 0) is 14.8 Å². The van der Waals surface area contributed by atoms with Crippen LogP contribution in [0.1, 0.15) is 0 Å². The molecule has 0 atom stereocenters. The largest absolute Gasteiger partial charge is 0.339 e. The van der Waals surface area contributed by atoms with Crippen LogP contribution in [0.4, 0.5) is 8.78 Å². The van der Waals surface area contributed by atoms with Gasteiger partial charge in [-0.25, -0.2) is 27.2 Å². The Hall–Kier alpha value is -2.11. The molecule has 0 radical (unpaired) electrons. The Bertz CT molecular complexity index is 900. The maximum atomic E-state index is 13.8. The monoisotopic (exact) mass is 414 g/mol. The van der Waals surface area contributed by atoms with Crippen molar-refractivity contribution < 1.29 is 22.0 Å². The van der Waals surface area contributed by atoms with E-state index in [0.29, 0.717) is 5.16 Å². The summed E-state index contributed by atoms with van der Waals surface area (Å²) in [5.41, 5.74) is 0. The van der Waals surface area contributed by atoms with Gasteiger partial charge in [0.15, 0.2) is 10.1 Å². The number of carbonyl (C=O) groups is 1. The van der Waals surface area contributed by atoms with Crippen molar-refractivity contribution >= 4 is 27.7 Å². The summed E-state index contributed by atoms with van der Waals surface area (Å²) in [6.07, 6.45) is 3.15. The molecule has 0 N–H and O–H groups in total. The first kappa shape index (κ1) is 19.6. The predicted octanol–water partition coefficient (Wildman–Crippen LogP) is 1.38. The number of sulfonamides is 1. The van der Waals surface area contributed by atoms with E-state index in [-0.39, 0.29) is 37.8 Å². The lowest BCUT2D eigenvalue weighted by Crippen LogP contribution is -2.51. The van der Waals surface area contributed by atoms with Crippen LogP contribution in [0, 0.1) is 11.6 Å². The van der Waals surface area contributed by atoms with Gasteiger partial charge >= 0.3 is 0 Å². The highest BCUT2D eigenvalue weighted by molar-refractivity contribution is 7.99. The second-order valence-corrected chi connectivity index (χ2v) is 8.47. The number of aromatic nitrogens is 2. The molecule has 1 aliphatic heterocycles. The number of nitrogens with zero attached hydrogens (tertiary/aromatic N) is 4. The van der Waals surface area contributed by atoms with Gasteiger partial charge in [-0.15, -0.1) is 0 Å². The average molecular weight is 414 g/mol. The van der Waals surface area contributed by atoms with Gasteiger partial charge in [0.2, 0.25) is 15.9 Å². The normalized spacial score (nSPS) is 15.7. The highest BCUT2D eigenvalue weighted by Gasteiger charge is 2.34. The van der Waals surface area contributed by atoms with E-state index < -0.39 is 26.6 Å². The minimum absolute atomic E-state index is 0.0334. The standard InChI is InChI=1S/C16H16F2N4O3S2/c17-12-3-1-4-13(18)15(12)27(24,25)22-9-7-21(8-10-22)14(23)11-26-16-19-5-2-6-20-16/h1-6H,7-11H2. The number of halogens is 2. The van der Waals surface area contributed by atoms with Crippen molar-refractivity contribution in [1.29, 1.82) is 0 Å². The highest BCUT2D eigenvalue weighted by atomic mass is 32.2. The van der Waals surface area contributed by atoms with Gasteiger partial charge in [0, 0.05) is 38.6 Å². The molecule has 144 valence electrons. The Morgan fingerprint density at radius 2 is 1.63 bits per heavy atom. The fourth-order valence-electron chi connectivity index (χ4n) is 2.61. The quantitative estimate of drug-likeness (QED) is 0.543. The Labute approximate surface area is 159 Å². The number of hydrogen-bond donors (Lipinski definition) is 0. The van der Waals surface area contributed by atoms with Gasteiger partial charge in [0.25, 0.3) is 0 Å². The van der Waals surface area contributed by atoms with E-state index in [0.717, 1.165) is 22.5 Å². The summed E-state index contributed by atoms with van der Waals surface area (Å²) in [5, 5.41) is 0.474. The average Bonchev–Trinajstić information content (AvgIpc) is 2.67. The van der Waals surface area contributed by atoms with Crippen LogP contribution in [0.25, 0.3) is 0 Å². The molecular formula is C16H16F2N4O3S2. The molecule has 27 heavy (non-hydrogen) atoms. The Balaban J connectivity index is 1.60. The molecule has 1 amide bonds. The van der Waals surface area contributed by atoms with E-state index in [1.165, 1.54) is 16.7 Å². The third kappa shape index (κ3) is 4.42. The van der Waals surface area contributed by atoms with E-state index in [1.54, 1.807) is 18.5 Å². The number of carbonyl (C=O) groups excluding carboxylic acids is 1. The van der Waals surface area contributed by atoms with Crippen LogP contribution in [0.2, 0.25) is 0 Å². The van der Waals surface area contributed by atoms with E-state index in [4.69, 9.17) is 0 Å². The summed E-state index contributed by atoms with van der Waals surface area (Å²) in [6, 6.07) is 4.58. The lowest BCUT2D eigenvalue weighted by atomic mass is 10.3. The van der Waals surface area contributed by atoms with Crippen LogP contribution in [-0.4, -0.2) is 65.4 Å². The molecule has 3 rings (SSSR count). The van der Waals surface area contributed by atoms with Crippen molar-refractivity contribution in [3.8, 4) is 0 Å².